The van der Waals surface area contributed by atoms with Gasteiger partial charge >= 0.3 is 0 Å². The molecule has 0 aliphatic heterocycles. The third kappa shape index (κ3) is 2.07. The first kappa shape index (κ1) is 12.1. The normalized spacial score (nSPS) is 14.2. The summed E-state index contributed by atoms with van der Waals surface area (Å²) in [4.78, 5) is 4.74. The standard InChI is InChI=1S/C14H21N3/c1-5-10(15)12-13(14(2,3)4)16-11-8-6-7-9-17(11)12/h6-10H,5,15H2,1-4H3. The predicted octanol–water partition coefficient (Wildman–Crippen LogP) is 3.04. The smallest absolute Gasteiger partial charge is 0.137 e. The largest absolute Gasteiger partial charge is 0.323 e. The van der Waals surface area contributed by atoms with Crippen molar-refractivity contribution in [2.24, 2.45) is 5.73 Å². The Labute approximate surface area is 103 Å². The molecule has 0 spiro atoms. The van der Waals surface area contributed by atoms with Gasteiger partial charge in [0.05, 0.1) is 11.4 Å². The van der Waals surface area contributed by atoms with Gasteiger partial charge in [-0.15, -0.1) is 0 Å². The van der Waals surface area contributed by atoms with Crippen molar-refractivity contribution in [2.45, 2.75) is 45.6 Å². The molecule has 0 amide bonds. The van der Waals surface area contributed by atoms with Crippen LogP contribution in [0.2, 0.25) is 0 Å². The lowest BCUT2D eigenvalue weighted by Gasteiger charge is -2.20. The Morgan fingerprint density at radius 3 is 2.65 bits per heavy atom. The zero-order valence-electron chi connectivity index (χ0n) is 11.1. The van der Waals surface area contributed by atoms with Crippen molar-refractivity contribution in [1.29, 1.82) is 0 Å². The second kappa shape index (κ2) is 4.15. The molecule has 2 N–H and O–H groups in total. The lowest BCUT2D eigenvalue weighted by Crippen LogP contribution is -2.20. The zero-order valence-corrected chi connectivity index (χ0v) is 11.1. The third-order valence-electron chi connectivity index (χ3n) is 3.07. The number of imidazole rings is 1. The van der Waals surface area contributed by atoms with Crippen LogP contribution < -0.4 is 5.73 Å². The number of nitrogens with two attached hydrogens (primary N) is 1. The maximum Gasteiger partial charge on any atom is 0.137 e. The number of aromatic nitrogens is 2. The van der Waals surface area contributed by atoms with Gasteiger partial charge in [0, 0.05) is 17.7 Å². The molecule has 0 fully saturated rings. The van der Waals surface area contributed by atoms with Crippen molar-refractivity contribution in [3.8, 4) is 0 Å². The molecule has 2 heterocycles. The van der Waals surface area contributed by atoms with Crippen LogP contribution in [0.3, 0.4) is 0 Å². The molecule has 0 aliphatic rings. The minimum Gasteiger partial charge on any atom is -0.323 e. The molecule has 0 aliphatic carbocycles. The molecular formula is C14H21N3. The fourth-order valence-corrected chi connectivity index (χ4v) is 2.11. The number of pyridine rings is 1. The molecule has 0 aromatic carbocycles. The summed E-state index contributed by atoms with van der Waals surface area (Å²) in [6, 6.07) is 6.10. The van der Waals surface area contributed by atoms with Crippen molar-refractivity contribution < 1.29 is 0 Å². The summed E-state index contributed by atoms with van der Waals surface area (Å²) in [5, 5.41) is 0. The van der Waals surface area contributed by atoms with Gasteiger partial charge < -0.3 is 10.1 Å². The maximum absolute atomic E-state index is 6.24. The first-order valence-electron chi connectivity index (χ1n) is 6.18. The highest BCUT2D eigenvalue weighted by Crippen LogP contribution is 2.30. The van der Waals surface area contributed by atoms with Crippen molar-refractivity contribution in [2.75, 3.05) is 0 Å². The fraction of sp³-hybridized carbons (Fsp3) is 0.500. The summed E-state index contributed by atoms with van der Waals surface area (Å²) in [6.45, 7) is 8.65. The van der Waals surface area contributed by atoms with Gasteiger partial charge in [0.2, 0.25) is 0 Å². The Morgan fingerprint density at radius 1 is 1.35 bits per heavy atom. The summed E-state index contributed by atoms with van der Waals surface area (Å²) < 4.78 is 2.12. The van der Waals surface area contributed by atoms with E-state index in [9.17, 15) is 0 Å². The van der Waals surface area contributed by atoms with E-state index >= 15 is 0 Å². The van der Waals surface area contributed by atoms with Gasteiger partial charge in [-0.25, -0.2) is 4.98 Å². The molecule has 3 heteroatoms. The fourth-order valence-electron chi connectivity index (χ4n) is 2.11. The predicted molar refractivity (Wildman–Crippen MR) is 71.1 cm³/mol. The van der Waals surface area contributed by atoms with Crippen LogP contribution in [-0.4, -0.2) is 9.38 Å². The monoisotopic (exact) mass is 231 g/mol. The highest BCUT2D eigenvalue weighted by molar-refractivity contribution is 5.45. The van der Waals surface area contributed by atoms with Crippen LogP contribution in [-0.2, 0) is 5.41 Å². The van der Waals surface area contributed by atoms with Crippen molar-refractivity contribution in [3.63, 3.8) is 0 Å². The summed E-state index contributed by atoms with van der Waals surface area (Å²) in [5.41, 5.74) is 9.50. The molecule has 0 bridgehead atoms. The molecule has 0 saturated heterocycles. The van der Waals surface area contributed by atoms with Gasteiger partial charge in [-0.05, 0) is 18.6 Å². The Kier molecular flexibility index (Phi) is 2.96. The van der Waals surface area contributed by atoms with Gasteiger partial charge in [0.1, 0.15) is 5.65 Å². The quantitative estimate of drug-likeness (QED) is 0.863. The summed E-state index contributed by atoms with van der Waals surface area (Å²) in [5.74, 6) is 0. The molecule has 1 atom stereocenters. The summed E-state index contributed by atoms with van der Waals surface area (Å²) in [6.07, 6.45) is 2.97. The minimum atomic E-state index is 0.0220. The van der Waals surface area contributed by atoms with E-state index in [1.54, 1.807) is 0 Å². The second-order valence-corrected chi connectivity index (χ2v) is 5.54. The Balaban J connectivity index is 2.74. The summed E-state index contributed by atoms with van der Waals surface area (Å²) >= 11 is 0. The maximum atomic E-state index is 6.24. The lowest BCUT2D eigenvalue weighted by molar-refractivity contribution is 0.545. The van der Waals surface area contributed by atoms with Crippen LogP contribution in [0.4, 0.5) is 0 Å². The minimum absolute atomic E-state index is 0.0220. The van der Waals surface area contributed by atoms with E-state index in [4.69, 9.17) is 10.7 Å². The van der Waals surface area contributed by atoms with E-state index in [2.05, 4.69) is 32.1 Å². The highest BCUT2D eigenvalue weighted by atomic mass is 15.0. The number of rotatable bonds is 2. The molecule has 2 aromatic rings. The third-order valence-corrected chi connectivity index (χ3v) is 3.07. The molecule has 1 unspecified atom stereocenters. The van der Waals surface area contributed by atoms with E-state index < -0.39 is 0 Å². The van der Waals surface area contributed by atoms with Crippen LogP contribution in [0, 0.1) is 0 Å². The van der Waals surface area contributed by atoms with Crippen molar-refractivity contribution in [3.05, 3.63) is 35.8 Å². The van der Waals surface area contributed by atoms with E-state index in [0.717, 1.165) is 23.5 Å². The van der Waals surface area contributed by atoms with Crippen LogP contribution in [0.1, 0.15) is 51.5 Å². The number of fused-ring (bicyclic) bond motifs is 1. The molecule has 17 heavy (non-hydrogen) atoms. The molecule has 92 valence electrons. The van der Waals surface area contributed by atoms with E-state index in [1.807, 2.05) is 24.4 Å². The lowest BCUT2D eigenvalue weighted by atomic mass is 9.89. The van der Waals surface area contributed by atoms with Gasteiger partial charge in [-0.1, -0.05) is 33.8 Å². The molecule has 2 rings (SSSR count). The van der Waals surface area contributed by atoms with Crippen LogP contribution >= 0.6 is 0 Å². The van der Waals surface area contributed by atoms with Gasteiger partial charge in [0.15, 0.2) is 0 Å². The summed E-state index contributed by atoms with van der Waals surface area (Å²) in [7, 11) is 0. The van der Waals surface area contributed by atoms with E-state index in [1.165, 1.54) is 0 Å². The van der Waals surface area contributed by atoms with Gasteiger partial charge in [-0.3, -0.25) is 0 Å². The zero-order chi connectivity index (χ0) is 12.6. The molecule has 2 aromatic heterocycles. The molecule has 3 nitrogen and oxygen atoms in total. The Bertz CT molecular complexity index is 520. The van der Waals surface area contributed by atoms with Crippen LogP contribution in [0.15, 0.2) is 24.4 Å². The van der Waals surface area contributed by atoms with Crippen molar-refractivity contribution >= 4 is 5.65 Å². The van der Waals surface area contributed by atoms with Crippen LogP contribution in [0.5, 0.6) is 0 Å². The first-order valence-corrected chi connectivity index (χ1v) is 6.18. The number of nitrogens with zero attached hydrogens (tertiary/aromatic N) is 2. The average Bonchev–Trinajstić information content (AvgIpc) is 2.67. The van der Waals surface area contributed by atoms with Crippen molar-refractivity contribution in [1.82, 2.24) is 9.38 Å². The molecule has 0 saturated carbocycles. The number of hydrogen-bond donors (Lipinski definition) is 1. The van der Waals surface area contributed by atoms with Gasteiger partial charge in [0.25, 0.3) is 0 Å². The van der Waals surface area contributed by atoms with Crippen LogP contribution in [0.25, 0.3) is 5.65 Å². The first-order chi connectivity index (χ1) is 7.95. The highest BCUT2D eigenvalue weighted by Gasteiger charge is 2.26. The second-order valence-electron chi connectivity index (χ2n) is 5.54. The Morgan fingerprint density at radius 2 is 2.06 bits per heavy atom. The van der Waals surface area contributed by atoms with E-state index in [-0.39, 0.29) is 11.5 Å². The topological polar surface area (TPSA) is 43.3 Å². The Hall–Kier alpha value is -1.35. The SMILES string of the molecule is CCC(N)c1c(C(C)(C)C)nc2ccccn12. The average molecular weight is 231 g/mol. The van der Waals surface area contributed by atoms with Gasteiger partial charge in [-0.2, -0.15) is 0 Å². The molecule has 0 radical (unpaired) electrons. The van der Waals surface area contributed by atoms with E-state index in [0.29, 0.717) is 0 Å². The number of hydrogen-bond acceptors (Lipinski definition) is 2. The molecular weight excluding hydrogens is 210 g/mol.